The zero-order valence-corrected chi connectivity index (χ0v) is 18.0. The minimum absolute atomic E-state index is 0.163. The van der Waals surface area contributed by atoms with E-state index in [1.807, 2.05) is 57.3 Å². The summed E-state index contributed by atoms with van der Waals surface area (Å²) in [6.45, 7) is 8.41. The molecule has 0 unspecified atom stereocenters. The van der Waals surface area contributed by atoms with Crippen molar-refractivity contribution >= 4 is 17.2 Å². The van der Waals surface area contributed by atoms with Gasteiger partial charge in [-0.2, -0.15) is 10.1 Å². The van der Waals surface area contributed by atoms with Gasteiger partial charge in [-0.05, 0) is 30.5 Å². The molecule has 1 N–H and O–H groups in total. The SMILES string of the molecule is Cc1c(C(=O)NCc2cccs2)cnn1-c1ccc(-c2nc(C(C)(C)C)no2)cn1. The maximum absolute atomic E-state index is 12.5. The van der Waals surface area contributed by atoms with Crippen molar-refractivity contribution in [3.63, 3.8) is 0 Å². The van der Waals surface area contributed by atoms with E-state index in [0.717, 1.165) is 10.4 Å². The first-order chi connectivity index (χ1) is 14.3. The Morgan fingerprint density at radius 3 is 2.70 bits per heavy atom. The lowest BCUT2D eigenvalue weighted by Crippen LogP contribution is -2.22. The van der Waals surface area contributed by atoms with Gasteiger partial charge in [-0.15, -0.1) is 11.3 Å². The highest BCUT2D eigenvalue weighted by atomic mass is 32.1. The summed E-state index contributed by atoms with van der Waals surface area (Å²) in [6.07, 6.45) is 3.22. The number of hydrogen-bond donors (Lipinski definition) is 1. The highest BCUT2D eigenvalue weighted by Crippen LogP contribution is 2.24. The molecule has 4 rings (SSSR count). The van der Waals surface area contributed by atoms with Crippen LogP contribution in [0.2, 0.25) is 0 Å². The lowest BCUT2D eigenvalue weighted by Gasteiger charge is -2.10. The molecule has 0 aliphatic heterocycles. The summed E-state index contributed by atoms with van der Waals surface area (Å²) in [4.78, 5) is 22.5. The van der Waals surface area contributed by atoms with Gasteiger partial charge in [0.05, 0.1) is 29.6 Å². The molecule has 0 bridgehead atoms. The first-order valence-electron chi connectivity index (χ1n) is 9.49. The molecule has 30 heavy (non-hydrogen) atoms. The Kier molecular flexibility index (Phi) is 5.21. The normalized spacial score (nSPS) is 11.6. The molecule has 4 heterocycles. The minimum Gasteiger partial charge on any atom is -0.347 e. The number of hydrogen-bond acceptors (Lipinski definition) is 7. The number of carbonyl (C=O) groups excluding carboxylic acids is 1. The Hall–Kier alpha value is -3.33. The van der Waals surface area contributed by atoms with Gasteiger partial charge in [0.2, 0.25) is 0 Å². The molecule has 0 aliphatic rings. The van der Waals surface area contributed by atoms with Crippen LogP contribution in [0.4, 0.5) is 0 Å². The number of nitrogens with one attached hydrogen (secondary N) is 1. The van der Waals surface area contributed by atoms with E-state index in [1.54, 1.807) is 28.4 Å². The third kappa shape index (κ3) is 4.02. The molecule has 0 spiro atoms. The van der Waals surface area contributed by atoms with Crippen LogP contribution in [-0.4, -0.2) is 30.8 Å². The molecule has 4 aromatic heterocycles. The molecule has 0 atom stereocenters. The summed E-state index contributed by atoms with van der Waals surface area (Å²) in [5.74, 6) is 1.50. The fraction of sp³-hybridized carbons (Fsp3) is 0.286. The van der Waals surface area contributed by atoms with E-state index in [4.69, 9.17) is 4.52 Å². The van der Waals surface area contributed by atoms with E-state index in [2.05, 4.69) is 25.5 Å². The van der Waals surface area contributed by atoms with E-state index in [0.29, 0.717) is 35.3 Å². The minimum atomic E-state index is -0.193. The van der Waals surface area contributed by atoms with Gasteiger partial charge >= 0.3 is 0 Å². The van der Waals surface area contributed by atoms with Crippen molar-refractivity contribution in [3.8, 4) is 17.3 Å². The molecule has 0 radical (unpaired) electrons. The highest BCUT2D eigenvalue weighted by molar-refractivity contribution is 7.09. The average molecular weight is 423 g/mol. The van der Waals surface area contributed by atoms with Crippen LogP contribution in [-0.2, 0) is 12.0 Å². The van der Waals surface area contributed by atoms with Crippen molar-refractivity contribution in [1.29, 1.82) is 0 Å². The molecule has 9 heteroatoms. The van der Waals surface area contributed by atoms with Gasteiger partial charge < -0.3 is 9.84 Å². The first kappa shape index (κ1) is 20.0. The van der Waals surface area contributed by atoms with E-state index in [1.165, 1.54) is 0 Å². The Morgan fingerprint density at radius 1 is 1.23 bits per heavy atom. The molecular weight excluding hydrogens is 400 g/mol. The Bertz CT molecular complexity index is 1150. The summed E-state index contributed by atoms with van der Waals surface area (Å²) < 4.78 is 7.00. The fourth-order valence-corrected chi connectivity index (χ4v) is 3.47. The van der Waals surface area contributed by atoms with Gasteiger partial charge in [0.15, 0.2) is 11.6 Å². The van der Waals surface area contributed by atoms with E-state index in [-0.39, 0.29) is 11.3 Å². The number of amides is 1. The first-order valence-corrected chi connectivity index (χ1v) is 10.4. The number of aromatic nitrogens is 5. The zero-order chi connectivity index (χ0) is 21.3. The van der Waals surface area contributed by atoms with E-state index in [9.17, 15) is 4.79 Å². The third-order valence-corrected chi connectivity index (χ3v) is 5.44. The zero-order valence-electron chi connectivity index (χ0n) is 17.2. The van der Waals surface area contributed by atoms with Gasteiger partial charge in [-0.3, -0.25) is 4.79 Å². The maximum Gasteiger partial charge on any atom is 0.259 e. The van der Waals surface area contributed by atoms with Crippen LogP contribution in [0.3, 0.4) is 0 Å². The van der Waals surface area contributed by atoms with E-state index < -0.39 is 0 Å². The van der Waals surface area contributed by atoms with Crippen molar-refractivity contribution in [2.45, 2.75) is 39.7 Å². The van der Waals surface area contributed by atoms with E-state index >= 15 is 0 Å². The van der Waals surface area contributed by atoms with Crippen LogP contribution in [0.1, 0.15) is 47.5 Å². The molecule has 4 aromatic rings. The van der Waals surface area contributed by atoms with Crippen LogP contribution in [0.5, 0.6) is 0 Å². The molecule has 1 amide bonds. The van der Waals surface area contributed by atoms with Crippen LogP contribution in [0.15, 0.2) is 46.6 Å². The second-order valence-electron chi connectivity index (χ2n) is 7.90. The summed E-state index contributed by atoms with van der Waals surface area (Å²) in [7, 11) is 0. The van der Waals surface area contributed by atoms with Gasteiger partial charge in [0.1, 0.15) is 0 Å². The van der Waals surface area contributed by atoms with Crippen LogP contribution >= 0.6 is 11.3 Å². The molecule has 154 valence electrons. The van der Waals surface area contributed by atoms with Crippen LogP contribution < -0.4 is 5.32 Å². The molecular formula is C21H22N6O2S. The van der Waals surface area contributed by atoms with Crippen molar-refractivity contribution < 1.29 is 9.32 Å². The summed E-state index contributed by atoms with van der Waals surface area (Å²) in [6, 6.07) is 7.60. The predicted molar refractivity (Wildman–Crippen MR) is 114 cm³/mol. The largest absolute Gasteiger partial charge is 0.347 e. The topological polar surface area (TPSA) is 98.7 Å². The third-order valence-electron chi connectivity index (χ3n) is 4.57. The summed E-state index contributed by atoms with van der Waals surface area (Å²) in [5.41, 5.74) is 1.76. The molecule has 8 nitrogen and oxygen atoms in total. The molecule has 0 saturated carbocycles. The van der Waals surface area contributed by atoms with Crippen molar-refractivity contribution in [2.75, 3.05) is 0 Å². The van der Waals surface area contributed by atoms with Crippen molar-refractivity contribution in [3.05, 3.63) is 64.0 Å². The summed E-state index contributed by atoms with van der Waals surface area (Å²) in [5, 5.41) is 13.3. The molecule has 0 aliphatic carbocycles. The van der Waals surface area contributed by atoms with Crippen LogP contribution in [0.25, 0.3) is 17.3 Å². The highest BCUT2D eigenvalue weighted by Gasteiger charge is 2.22. The lowest BCUT2D eigenvalue weighted by molar-refractivity contribution is 0.0950. The molecule has 0 aromatic carbocycles. The van der Waals surface area contributed by atoms with Gasteiger partial charge in [-0.25, -0.2) is 9.67 Å². The van der Waals surface area contributed by atoms with Gasteiger partial charge in [0.25, 0.3) is 11.8 Å². The Labute approximate surface area is 178 Å². The van der Waals surface area contributed by atoms with Crippen LogP contribution in [0, 0.1) is 6.92 Å². The number of nitrogens with zero attached hydrogens (tertiary/aromatic N) is 5. The average Bonchev–Trinajstić information content (AvgIpc) is 3.46. The molecule has 0 fully saturated rings. The molecule has 0 saturated heterocycles. The summed E-state index contributed by atoms with van der Waals surface area (Å²) >= 11 is 1.61. The monoisotopic (exact) mass is 422 g/mol. The fourth-order valence-electron chi connectivity index (χ4n) is 2.82. The van der Waals surface area contributed by atoms with Crippen molar-refractivity contribution in [2.24, 2.45) is 0 Å². The van der Waals surface area contributed by atoms with Gasteiger partial charge in [-0.1, -0.05) is 32.0 Å². The number of rotatable bonds is 5. The quantitative estimate of drug-likeness (QED) is 0.523. The number of pyridine rings is 1. The smallest absolute Gasteiger partial charge is 0.259 e. The maximum atomic E-state index is 12.5. The second kappa shape index (κ2) is 7.83. The van der Waals surface area contributed by atoms with Crippen molar-refractivity contribution in [1.82, 2.24) is 30.2 Å². The Morgan fingerprint density at radius 2 is 2.07 bits per heavy atom. The second-order valence-corrected chi connectivity index (χ2v) is 8.93. The van der Waals surface area contributed by atoms with Gasteiger partial charge in [0, 0.05) is 16.5 Å². The predicted octanol–water partition coefficient (Wildman–Crippen LogP) is 3.91. The number of carbonyl (C=O) groups is 1. The lowest BCUT2D eigenvalue weighted by atomic mass is 9.96. The number of thiophene rings is 1. The Balaban J connectivity index is 1.51. The standard InChI is InChI=1S/C21H22N6O2S/c1-13-16(18(28)23-11-15-6-5-9-30-15)12-24-27(13)17-8-7-14(10-22-17)19-25-20(26-29-19)21(2,3)4/h5-10,12H,11H2,1-4H3,(H,23,28).